The van der Waals surface area contributed by atoms with E-state index in [-0.39, 0.29) is 34.5 Å². The van der Waals surface area contributed by atoms with Crippen molar-refractivity contribution in [3.63, 3.8) is 0 Å². The van der Waals surface area contributed by atoms with Crippen LogP contribution in [0.4, 0.5) is 13.2 Å². The minimum atomic E-state index is -4.56. The molecule has 0 saturated carbocycles. The number of piperidine rings is 1. The van der Waals surface area contributed by atoms with E-state index in [2.05, 4.69) is 15.1 Å². The van der Waals surface area contributed by atoms with Crippen molar-refractivity contribution in [1.29, 1.82) is 0 Å². The van der Waals surface area contributed by atoms with Gasteiger partial charge in [-0.05, 0) is 48.9 Å². The van der Waals surface area contributed by atoms with Gasteiger partial charge in [-0.2, -0.15) is 13.2 Å². The van der Waals surface area contributed by atoms with Crippen LogP contribution in [0.3, 0.4) is 0 Å². The van der Waals surface area contributed by atoms with Crippen molar-refractivity contribution in [2.75, 3.05) is 13.1 Å². The van der Waals surface area contributed by atoms with Crippen LogP contribution >= 0.6 is 0 Å². The standard InChI is InChI=1S/C23H25F3N4O2/c1-14(2)18-12-17(23(24,25)26)20-21(29-32-22(20)28-18)16-4-3-11-30(13-16)19(31)6-5-15-7-9-27-10-8-15/h7-10,12,14,16H,3-6,11,13H2,1-2H3/t16-/m0/s1. The summed E-state index contributed by atoms with van der Waals surface area (Å²) in [7, 11) is 0. The Hall–Kier alpha value is -2.97. The molecule has 3 aromatic heterocycles. The molecule has 0 N–H and O–H groups in total. The zero-order chi connectivity index (χ0) is 22.9. The van der Waals surface area contributed by atoms with E-state index in [1.54, 1.807) is 31.1 Å². The highest BCUT2D eigenvalue weighted by Gasteiger charge is 2.38. The molecule has 0 bridgehead atoms. The lowest BCUT2D eigenvalue weighted by atomic mass is 9.91. The van der Waals surface area contributed by atoms with Gasteiger partial charge in [0.2, 0.25) is 5.91 Å². The van der Waals surface area contributed by atoms with Gasteiger partial charge in [-0.25, -0.2) is 4.98 Å². The van der Waals surface area contributed by atoms with Crippen LogP contribution in [0.15, 0.2) is 35.1 Å². The van der Waals surface area contributed by atoms with Gasteiger partial charge in [-0.15, -0.1) is 0 Å². The number of hydrogen-bond acceptors (Lipinski definition) is 5. The molecule has 4 heterocycles. The second-order valence-corrected chi connectivity index (χ2v) is 8.53. The van der Waals surface area contributed by atoms with Gasteiger partial charge in [0.25, 0.3) is 5.71 Å². The summed E-state index contributed by atoms with van der Waals surface area (Å²) in [6.07, 6.45) is 1.07. The maximum atomic E-state index is 13.9. The number of alkyl halides is 3. The van der Waals surface area contributed by atoms with Crippen molar-refractivity contribution in [2.24, 2.45) is 0 Å². The van der Waals surface area contributed by atoms with Crippen LogP contribution in [-0.2, 0) is 17.4 Å². The third kappa shape index (κ3) is 4.61. The quantitative estimate of drug-likeness (QED) is 0.545. The molecule has 0 unspecified atom stereocenters. The number of aromatic nitrogens is 3. The van der Waals surface area contributed by atoms with Crippen LogP contribution in [-0.4, -0.2) is 39.0 Å². The fourth-order valence-electron chi connectivity index (χ4n) is 4.18. The molecular weight excluding hydrogens is 421 g/mol. The van der Waals surface area contributed by atoms with Crippen molar-refractivity contribution in [2.45, 2.75) is 57.5 Å². The predicted octanol–water partition coefficient (Wildman–Crippen LogP) is 5.10. The van der Waals surface area contributed by atoms with E-state index < -0.39 is 11.7 Å². The number of pyridine rings is 2. The molecule has 0 aliphatic carbocycles. The predicted molar refractivity (Wildman–Crippen MR) is 112 cm³/mol. The first-order valence-electron chi connectivity index (χ1n) is 10.8. The molecule has 1 saturated heterocycles. The molecule has 6 nitrogen and oxygen atoms in total. The minimum absolute atomic E-state index is 0.0180. The lowest BCUT2D eigenvalue weighted by Crippen LogP contribution is -2.39. The first kappa shape index (κ1) is 22.2. The van der Waals surface area contributed by atoms with Crippen molar-refractivity contribution in [1.82, 2.24) is 20.0 Å². The molecule has 3 aromatic rings. The van der Waals surface area contributed by atoms with Gasteiger partial charge < -0.3 is 9.42 Å². The van der Waals surface area contributed by atoms with Crippen LogP contribution in [0.5, 0.6) is 0 Å². The van der Waals surface area contributed by atoms with Gasteiger partial charge in [0.1, 0.15) is 0 Å². The lowest BCUT2D eigenvalue weighted by Gasteiger charge is -2.32. The number of amides is 1. The number of likely N-dealkylation sites (tertiary alicyclic amines) is 1. The van der Waals surface area contributed by atoms with E-state index in [1.165, 1.54) is 0 Å². The summed E-state index contributed by atoms with van der Waals surface area (Å²) in [6.45, 7) is 4.47. The molecule has 1 amide bonds. The molecule has 9 heteroatoms. The zero-order valence-corrected chi connectivity index (χ0v) is 18.0. The number of nitrogens with zero attached hydrogens (tertiary/aromatic N) is 4. The van der Waals surface area contributed by atoms with Crippen molar-refractivity contribution >= 4 is 17.0 Å². The Morgan fingerprint density at radius 3 is 2.72 bits per heavy atom. The average Bonchev–Trinajstić information content (AvgIpc) is 3.21. The number of aryl methyl sites for hydroxylation is 1. The number of hydrogen-bond donors (Lipinski definition) is 0. The number of halogens is 3. The summed E-state index contributed by atoms with van der Waals surface area (Å²) in [4.78, 5) is 22.7. The zero-order valence-electron chi connectivity index (χ0n) is 18.0. The Labute approximate surface area is 183 Å². The van der Waals surface area contributed by atoms with Crippen molar-refractivity contribution < 1.29 is 22.5 Å². The first-order chi connectivity index (χ1) is 15.2. The summed E-state index contributed by atoms with van der Waals surface area (Å²) in [6, 6.07) is 4.82. The SMILES string of the molecule is CC(C)c1cc(C(F)(F)F)c2c([C@H]3CCCN(C(=O)CCc4ccncc4)C3)noc2n1. The molecule has 0 aromatic carbocycles. The van der Waals surface area contributed by atoms with E-state index in [9.17, 15) is 18.0 Å². The number of carbonyl (C=O) groups excluding carboxylic acids is 1. The third-order valence-electron chi connectivity index (χ3n) is 5.93. The summed E-state index contributed by atoms with van der Waals surface area (Å²) < 4.78 is 46.9. The van der Waals surface area contributed by atoms with Crippen LogP contribution in [0, 0.1) is 0 Å². The summed E-state index contributed by atoms with van der Waals surface area (Å²) >= 11 is 0. The number of rotatable bonds is 5. The summed E-state index contributed by atoms with van der Waals surface area (Å²) in [5.74, 6) is -0.532. The molecule has 1 aliphatic rings. The number of carbonyl (C=O) groups is 1. The van der Waals surface area contributed by atoms with Gasteiger partial charge in [-0.3, -0.25) is 9.78 Å². The third-order valence-corrected chi connectivity index (χ3v) is 5.93. The van der Waals surface area contributed by atoms with E-state index >= 15 is 0 Å². The lowest BCUT2D eigenvalue weighted by molar-refractivity contribution is -0.136. The molecular formula is C23H25F3N4O2. The Morgan fingerprint density at radius 1 is 1.28 bits per heavy atom. The van der Waals surface area contributed by atoms with E-state index in [4.69, 9.17) is 4.52 Å². The molecule has 1 aliphatic heterocycles. The largest absolute Gasteiger partial charge is 0.417 e. The normalized spacial score (nSPS) is 17.3. The average molecular weight is 446 g/mol. The fourth-order valence-corrected chi connectivity index (χ4v) is 4.18. The van der Waals surface area contributed by atoms with Gasteiger partial charge >= 0.3 is 6.18 Å². The molecule has 170 valence electrons. The Bertz CT molecular complexity index is 1100. The molecule has 0 radical (unpaired) electrons. The van der Waals surface area contributed by atoms with Crippen molar-refractivity contribution in [3.8, 4) is 0 Å². The van der Waals surface area contributed by atoms with E-state index in [1.807, 2.05) is 12.1 Å². The molecule has 0 spiro atoms. The second kappa shape index (κ2) is 8.88. The molecule has 1 fully saturated rings. The Balaban J connectivity index is 1.58. The molecule has 4 rings (SSSR count). The van der Waals surface area contributed by atoms with Crippen molar-refractivity contribution in [3.05, 3.63) is 53.1 Å². The summed E-state index contributed by atoms with van der Waals surface area (Å²) in [5.41, 5.74) is 0.695. The van der Waals surface area contributed by atoms with Gasteiger partial charge in [0.05, 0.1) is 16.6 Å². The van der Waals surface area contributed by atoms with E-state index in [0.29, 0.717) is 44.5 Å². The Morgan fingerprint density at radius 2 is 2.03 bits per heavy atom. The van der Waals surface area contributed by atoms with Crippen LogP contribution < -0.4 is 0 Å². The second-order valence-electron chi connectivity index (χ2n) is 8.53. The molecule has 32 heavy (non-hydrogen) atoms. The number of fused-ring (bicyclic) bond motifs is 1. The fraction of sp³-hybridized carbons (Fsp3) is 0.478. The Kier molecular flexibility index (Phi) is 6.17. The maximum absolute atomic E-state index is 13.9. The van der Waals surface area contributed by atoms with Crippen LogP contribution in [0.1, 0.15) is 67.5 Å². The van der Waals surface area contributed by atoms with Gasteiger partial charge in [0.15, 0.2) is 0 Å². The minimum Gasteiger partial charge on any atom is -0.342 e. The smallest absolute Gasteiger partial charge is 0.342 e. The summed E-state index contributed by atoms with van der Waals surface area (Å²) in [5, 5.41) is 3.91. The monoisotopic (exact) mass is 446 g/mol. The highest BCUT2D eigenvalue weighted by Crippen LogP contribution is 2.40. The topological polar surface area (TPSA) is 72.1 Å². The van der Waals surface area contributed by atoms with Crippen LogP contribution in [0.25, 0.3) is 11.1 Å². The van der Waals surface area contributed by atoms with E-state index in [0.717, 1.165) is 11.6 Å². The van der Waals surface area contributed by atoms with Crippen LogP contribution in [0.2, 0.25) is 0 Å². The maximum Gasteiger partial charge on any atom is 0.417 e. The molecule has 1 atom stereocenters. The highest BCUT2D eigenvalue weighted by molar-refractivity contribution is 5.82. The first-order valence-corrected chi connectivity index (χ1v) is 10.8. The highest BCUT2D eigenvalue weighted by atomic mass is 19.4. The van der Waals surface area contributed by atoms with Gasteiger partial charge in [-0.1, -0.05) is 19.0 Å². The van der Waals surface area contributed by atoms with Gasteiger partial charge in [0, 0.05) is 43.5 Å².